The summed E-state index contributed by atoms with van der Waals surface area (Å²) in [6.45, 7) is 0.474. The number of hydrogen-bond acceptors (Lipinski definition) is 5. The van der Waals surface area contributed by atoms with E-state index in [4.69, 9.17) is 5.73 Å². The van der Waals surface area contributed by atoms with Gasteiger partial charge in [-0.15, -0.1) is 10.2 Å². The van der Waals surface area contributed by atoms with Crippen molar-refractivity contribution in [2.24, 2.45) is 7.05 Å². The van der Waals surface area contributed by atoms with E-state index in [2.05, 4.69) is 20.5 Å². The minimum Gasteiger partial charge on any atom is -0.399 e. The standard InChI is InChI=1S/C11H14N6O/c1-17-7-15-16-10(17)3-5-14-11(18)9-6-8(12)2-4-13-9/h2,4,6-7H,3,5H2,1H3,(H2,12,13)(H,14,18). The molecule has 0 aliphatic heterocycles. The van der Waals surface area contributed by atoms with E-state index in [0.717, 1.165) is 5.82 Å². The second-order valence-corrected chi connectivity index (χ2v) is 3.84. The minimum atomic E-state index is -0.246. The second kappa shape index (κ2) is 5.26. The summed E-state index contributed by atoms with van der Waals surface area (Å²) in [5, 5.41) is 10.4. The molecule has 0 spiro atoms. The van der Waals surface area contributed by atoms with Gasteiger partial charge in [0.1, 0.15) is 17.8 Å². The van der Waals surface area contributed by atoms with Crippen LogP contribution in [0.2, 0.25) is 0 Å². The van der Waals surface area contributed by atoms with Gasteiger partial charge in [-0.3, -0.25) is 9.78 Å². The Hall–Kier alpha value is -2.44. The van der Waals surface area contributed by atoms with Crippen molar-refractivity contribution >= 4 is 11.6 Å². The molecule has 2 aromatic rings. The van der Waals surface area contributed by atoms with E-state index in [-0.39, 0.29) is 5.91 Å². The number of hydrogen-bond donors (Lipinski definition) is 2. The average molecular weight is 246 g/mol. The quantitative estimate of drug-likeness (QED) is 0.776. The maximum Gasteiger partial charge on any atom is 0.269 e. The number of aromatic nitrogens is 4. The number of carbonyl (C=O) groups is 1. The molecular weight excluding hydrogens is 232 g/mol. The van der Waals surface area contributed by atoms with Gasteiger partial charge in [-0.05, 0) is 12.1 Å². The Balaban J connectivity index is 1.87. The maximum absolute atomic E-state index is 11.7. The number of carbonyl (C=O) groups excluding carboxylic acids is 1. The van der Waals surface area contributed by atoms with Gasteiger partial charge in [0.15, 0.2) is 0 Å². The predicted octanol–water partition coefficient (Wildman–Crippen LogP) is -0.235. The van der Waals surface area contributed by atoms with Crippen molar-refractivity contribution < 1.29 is 4.79 Å². The van der Waals surface area contributed by atoms with Crippen LogP contribution in [0.25, 0.3) is 0 Å². The molecule has 0 aliphatic rings. The second-order valence-electron chi connectivity index (χ2n) is 3.84. The Morgan fingerprint density at radius 1 is 1.56 bits per heavy atom. The number of pyridine rings is 1. The molecule has 1 amide bonds. The molecule has 7 heteroatoms. The predicted molar refractivity (Wildman–Crippen MR) is 65.7 cm³/mol. The summed E-state index contributed by atoms with van der Waals surface area (Å²) >= 11 is 0. The Morgan fingerprint density at radius 2 is 2.39 bits per heavy atom. The van der Waals surface area contributed by atoms with Crippen molar-refractivity contribution in [3.8, 4) is 0 Å². The first-order chi connectivity index (χ1) is 8.66. The average Bonchev–Trinajstić information content (AvgIpc) is 2.75. The molecule has 0 atom stereocenters. The Bertz CT molecular complexity index is 550. The van der Waals surface area contributed by atoms with E-state index in [9.17, 15) is 4.79 Å². The number of rotatable bonds is 4. The molecule has 0 aromatic carbocycles. The highest BCUT2D eigenvalue weighted by Gasteiger charge is 2.07. The van der Waals surface area contributed by atoms with Crippen LogP contribution in [0.1, 0.15) is 16.3 Å². The lowest BCUT2D eigenvalue weighted by atomic mass is 10.3. The lowest BCUT2D eigenvalue weighted by Crippen LogP contribution is -2.27. The van der Waals surface area contributed by atoms with Gasteiger partial charge in [-0.2, -0.15) is 0 Å². The molecule has 0 unspecified atom stereocenters. The number of anilines is 1. The largest absolute Gasteiger partial charge is 0.399 e. The monoisotopic (exact) mass is 246 g/mol. The molecule has 0 radical (unpaired) electrons. The van der Waals surface area contributed by atoms with E-state index in [1.54, 1.807) is 12.4 Å². The Kier molecular flexibility index (Phi) is 3.52. The van der Waals surface area contributed by atoms with E-state index < -0.39 is 0 Å². The summed E-state index contributed by atoms with van der Waals surface area (Å²) in [4.78, 5) is 15.7. The number of nitrogens with two attached hydrogens (primary N) is 1. The van der Waals surface area contributed by atoms with Crippen LogP contribution >= 0.6 is 0 Å². The zero-order chi connectivity index (χ0) is 13.0. The van der Waals surface area contributed by atoms with Crippen molar-refractivity contribution in [1.29, 1.82) is 0 Å². The highest BCUT2D eigenvalue weighted by Crippen LogP contribution is 2.02. The number of aryl methyl sites for hydroxylation is 1. The molecule has 94 valence electrons. The Morgan fingerprint density at radius 3 is 3.06 bits per heavy atom. The number of amides is 1. The minimum absolute atomic E-state index is 0.246. The van der Waals surface area contributed by atoms with E-state index >= 15 is 0 Å². The van der Waals surface area contributed by atoms with Crippen LogP contribution in [0, 0.1) is 0 Å². The lowest BCUT2D eigenvalue weighted by Gasteiger charge is -2.04. The SMILES string of the molecule is Cn1cnnc1CCNC(=O)c1cc(N)ccn1. The molecule has 2 heterocycles. The number of nitrogens with one attached hydrogen (secondary N) is 1. The van der Waals surface area contributed by atoms with Crippen LogP contribution < -0.4 is 11.1 Å². The highest BCUT2D eigenvalue weighted by atomic mass is 16.1. The van der Waals surface area contributed by atoms with Crippen LogP contribution in [-0.2, 0) is 13.5 Å². The fourth-order valence-electron chi connectivity index (χ4n) is 1.48. The van der Waals surface area contributed by atoms with Gasteiger partial charge in [0.2, 0.25) is 0 Å². The normalized spacial score (nSPS) is 10.3. The lowest BCUT2D eigenvalue weighted by molar-refractivity contribution is 0.0949. The van der Waals surface area contributed by atoms with E-state index in [0.29, 0.717) is 24.3 Å². The molecule has 3 N–H and O–H groups in total. The van der Waals surface area contributed by atoms with Crippen molar-refractivity contribution in [3.05, 3.63) is 36.2 Å². The smallest absolute Gasteiger partial charge is 0.269 e. The van der Waals surface area contributed by atoms with E-state index in [1.165, 1.54) is 12.3 Å². The molecule has 0 saturated carbocycles. The van der Waals surface area contributed by atoms with Crippen LogP contribution in [0.4, 0.5) is 5.69 Å². The first-order valence-corrected chi connectivity index (χ1v) is 5.49. The topological polar surface area (TPSA) is 98.7 Å². The van der Waals surface area contributed by atoms with Gasteiger partial charge in [-0.25, -0.2) is 0 Å². The van der Waals surface area contributed by atoms with Crippen LogP contribution in [-0.4, -0.2) is 32.2 Å². The zero-order valence-corrected chi connectivity index (χ0v) is 10.00. The van der Waals surface area contributed by atoms with Gasteiger partial charge in [0.05, 0.1) is 0 Å². The maximum atomic E-state index is 11.7. The molecule has 0 bridgehead atoms. The molecule has 0 saturated heterocycles. The summed E-state index contributed by atoms with van der Waals surface area (Å²) < 4.78 is 1.81. The summed E-state index contributed by atoms with van der Waals surface area (Å²) in [7, 11) is 1.86. The van der Waals surface area contributed by atoms with Crippen molar-refractivity contribution in [1.82, 2.24) is 25.1 Å². The molecule has 18 heavy (non-hydrogen) atoms. The molecule has 2 rings (SSSR count). The summed E-state index contributed by atoms with van der Waals surface area (Å²) in [6.07, 6.45) is 3.74. The molecule has 7 nitrogen and oxygen atoms in total. The highest BCUT2D eigenvalue weighted by molar-refractivity contribution is 5.92. The van der Waals surface area contributed by atoms with Crippen molar-refractivity contribution in [3.63, 3.8) is 0 Å². The summed E-state index contributed by atoms with van der Waals surface area (Å²) in [5.74, 6) is 0.570. The fraction of sp³-hybridized carbons (Fsp3) is 0.273. The third kappa shape index (κ3) is 2.82. The van der Waals surface area contributed by atoms with Crippen LogP contribution in [0.15, 0.2) is 24.7 Å². The molecule has 0 aliphatic carbocycles. The van der Waals surface area contributed by atoms with Crippen LogP contribution in [0.5, 0.6) is 0 Å². The first-order valence-electron chi connectivity index (χ1n) is 5.49. The van der Waals surface area contributed by atoms with Crippen molar-refractivity contribution in [2.75, 3.05) is 12.3 Å². The molecular formula is C11H14N6O. The van der Waals surface area contributed by atoms with E-state index in [1.807, 2.05) is 11.6 Å². The molecule has 0 fully saturated rings. The van der Waals surface area contributed by atoms with Gasteiger partial charge >= 0.3 is 0 Å². The number of nitrogen functional groups attached to an aromatic ring is 1. The third-order valence-electron chi connectivity index (χ3n) is 2.46. The zero-order valence-electron chi connectivity index (χ0n) is 10.00. The van der Waals surface area contributed by atoms with Gasteiger partial charge in [-0.1, -0.05) is 0 Å². The molecule has 2 aromatic heterocycles. The Labute approximate surface area is 104 Å². The number of nitrogens with zero attached hydrogens (tertiary/aromatic N) is 4. The van der Waals surface area contributed by atoms with Crippen LogP contribution in [0.3, 0.4) is 0 Å². The van der Waals surface area contributed by atoms with Gasteiger partial charge in [0.25, 0.3) is 5.91 Å². The van der Waals surface area contributed by atoms with Crippen molar-refractivity contribution in [2.45, 2.75) is 6.42 Å². The first kappa shape index (κ1) is 12.0. The summed E-state index contributed by atoms with van der Waals surface area (Å²) in [6, 6.07) is 3.17. The summed E-state index contributed by atoms with van der Waals surface area (Å²) in [5.41, 5.74) is 6.41. The van der Waals surface area contributed by atoms with Gasteiger partial charge in [0, 0.05) is 31.9 Å². The third-order valence-corrected chi connectivity index (χ3v) is 2.46. The fourth-order valence-corrected chi connectivity index (χ4v) is 1.48. The van der Waals surface area contributed by atoms with Gasteiger partial charge < -0.3 is 15.6 Å².